The molecule has 6 nitrogen and oxygen atoms in total. The Balaban J connectivity index is 1.55. The molecule has 6 heteroatoms. The third-order valence-corrected chi connectivity index (χ3v) is 5.37. The maximum atomic E-state index is 12.8. The Morgan fingerprint density at radius 3 is 2.46 bits per heavy atom. The summed E-state index contributed by atoms with van der Waals surface area (Å²) in [6.45, 7) is 7.42. The summed E-state index contributed by atoms with van der Waals surface area (Å²) in [5, 5.41) is 3.57. The molecule has 3 rings (SSSR count). The lowest BCUT2D eigenvalue weighted by Crippen LogP contribution is -2.51. The molecule has 0 aromatic heterocycles. The molecule has 0 saturated carbocycles. The summed E-state index contributed by atoms with van der Waals surface area (Å²) in [7, 11) is 0. The first kappa shape index (κ1) is 18.9. The van der Waals surface area contributed by atoms with Crippen molar-refractivity contribution in [2.24, 2.45) is 0 Å². The summed E-state index contributed by atoms with van der Waals surface area (Å²) >= 11 is 0. The molecular weight excluding hydrogens is 328 g/mol. The maximum absolute atomic E-state index is 12.8. The van der Waals surface area contributed by atoms with E-state index in [0.717, 1.165) is 25.1 Å². The predicted molar refractivity (Wildman–Crippen MR) is 103 cm³/mol. The van der Waals surface area contributed by atoms with Gasteiger partial charge in [-0.1, -0.05) is 26.0 Å². The van der Waals surface area contributed by atoms with Gasteiger partial charge in [0.05, 0.1) is 6.04 Å². The highest BCUT2D eigenvalue weighted by atomic mass is 16.2. The lowest BCUT2D eigenvalue weighted by Gasteiger charge is -2.35. The van der Waals surface area contributed by atoms with E-state index in [0.29, 0.717) is 18.9 Å². The summed E-state index contributed by atoms with van der Waals surface area (Å²) < 4.78 is 0. The second-order valence-corrected chi connectivity index (χ2v) is 7.78. The number of rotatable bonds is 5. The molecule has 0 aliphatic carbocycles. The first-order valence-corrected chi connectivity index (χ1v) is 9.61. The number of Topliss-reactive ketones (excluding diaryl/α,β-unsaturated/α-hetero) is 1. The number of likely N-dealkylation sites (tertiary alicyclic amines) is 1. The minimum absolute atomic E-state index is 0.0656. The second-order valence-electron chi connectivity index (χ2n) is 7.78. The zero-order valence-corrected chi connectivity index (χ0v) is 15.9. The molecule has 3 atom stereocenters. The fourth-order valence-corrected chi connectivity index (χ4v) is 3.70. The molecule has 1 aromatic rings. The van der Waals surface area contributed by atoms with Gasteiger partial charge in [-0.15, -0.1) is 0 Å². The lowest BCUT2D eigenvalue weighted by molar-refractivity contribution is -0.134. The average molecular weight is 358 g/mol. The molecule has 142 valence electrons. The molecule has 1 amide bonds. The largest absolute Gasteiger partial charge is 0.381 e. The van der Waals surface area contributed by atoms with Gasteiger partial charge in [-0.25, -0.2) is 10.9 Å². The highest BCUT2D eigenvalue weighted by molar-refractivity contribution is 5.86. The molecule has 3 N–H and O–H groups in total. The number of hydrogen-bond donors (Lipinski definition) is 3. The zero-order chi connectivity index (χ0) is 18.7. The Bertz CT molecular complexity index is 644. The topological polar surface area (TPSA) is 73.5 Å². The molecule has 2 saturated heterocycles. The van der Waals surface area contributed by atoms with E-state index in [2.05, 4.69) is 54.3 Å². The second kappa shape index (κ2) is 8.18. The number of nitrogens with zero attached hydrogens (tertiary/aromatic N) is 1. The molecule has 0 bridgehead atoms. The minimum Gasteiger partial charge on any atom is -0.381 e. The van der Waals surface area contributed by atoms with Gasteiger partial charge >= 0.3 is 0 Å². The number of hydrazine groups is 1. The highest BCUT2D eigenvalue weighted by Crippen LogP contribution is 2.21. The van der Waals surface area contributed by atoms with Crippen LogP contribution < -0.4 is 16.2 Å². The van der Waals surface area contributed by atoms with Gasteiger partial charge in [0.25, 0.3) is 0 Å². The van der Waals surface area contributed by atoms with Gasteiger partial charge in [-0.3, -0.25) is 9.59 Å². The van der Waals surface area contributed by atoms with Crippen molar-refractivity contribution in [1.29, 1.82) is 0 Å². The van der Waals surface area contributed by atoms with Gasteiger partial charge in [0.15, 0.2) is 0 Å². The number of ketones is 1. The van der Waals surface area contributed by atoms with Gasteiger partial charge in [-0.2, -0.15) is 0 Å². The van der Waals surface area contributed by atoms with Crippen LogP contribution in [0.2, 0.25) is 0 Å². The number of nitrogens with one attached hydrogen (secondary N) is 3. The molecule has 0 radical (unpaired) electrons. The Kier molecular flexibility index (Phi) is 5.94. The van der Waals surface area contributed by atoms with Crippen LogP contribution in [0, 0.1) is 0 Å². The molecule has 2 heterocycles. The van der Waals surface area contributed by atoms with Gasteiger partial charge in [0, 0.05) is 24.8 Å². The van der Waals surface area contributed by atoms with Gasteiger partial charge in [0.2, 0.25) is 5.91 Å². The average Bonchev–Trinajstić information content (AvgIpc) is 3.12. The predicted octanol–water partition coefficient (Wildman–Crippen LogP) is 2.04. The van der Waals surface area contributed by atoms with Crippen LogP contribution in [-0.2, 0) is 9.59 Å². The third-order valence-electron chi connectivity index (χ3n) is 5.37. The van der Waals surface area contributed by atoms with Crippen LogP contribution in [0.5, 0.6) is 0 Å². The number of hydrogen-bond acceptors (Lipinski definition) is 5. The number of piperidine rings is 1. The van der Waals surface area contributed by atoms with E-state index in [1.807, 2.05) is 4.90 Å². The van der Waals surface area contributed by atoms with E-state index in [1.54, 1.807) is 6.92 Å². The number of carbonyl (C=O) groups excluding carboxylic acids is 2. The number of carbonyl (C=O) groups is 2. The molecule has 1 aromatic carbocycles. The van der Waals surface area contributed by atoms with Crippen molar-refractivity contribution in [1.82, 2.24) is 15.8 Å². The van der Waals surface area contributed by atoms with E-state index < -0.39 is 0 Å². The van der Waals surface area contributed by atoms with Crippen LogP contribution in [0.15, 0.2) is 24.3 Å². The zero-order valence-electron chi connectivity index (χ0n) is 15.9. The Morgan fingerprint density at radius 2 is 1.85 bits per heavy atom. The summed E-state index contributed by atoms with van der Waals surface area (Å²) in [6, 6.07) is 8.25. The smallest absolute Gasteiger partial charge is 0.241 e. The fourth-order valence-electron chi connectivity index (χ4n) is 3.70. The molecule has 26 heavy (non-hydrogen) atoms. The van der Waals surface area contributed by atoms with Crippen molar-refractivity contribution in [3.05, 3.63) is 29.8 Å². The summed E-state index contributed by atoms with van der Waals surface area (Å²) in [5.41, 5.74) is 8.35. The monoisotopic (exact) mass is 358 g/mol. The van der Waals surface area contributed by atoms with Gasteiger partial charge in [-0.05, 0) is 49.8 Å². The first-order chi connectivity index (χ1) is 12.4. The molecule has 2 aliphatic heterocycles. The molecule has 2 fully saturated rings. The summed E-state index contributed by atoms with van der Waals surface area (Å²) in [6.07, 6.45) is 2.57. The Morgan fingerprint density at radius 1 is 1.15 bits per heavy atom. The van der Waals surface area contributed by atoms with Crippen molar-refractivity contribution in [3.8, 4) is 0 Å². The Hall–Kier alpha value is -1.92. The van der Waals surface area contributed by atoms with Crippen LogP contribution in [0.4, 0.5) is 5.69 Å². The summed E-state index contributed by atoms with van der Waals surface area (Å²) in [4.78, 5) is 26.2. The van der Waals surface area contributed by atoms with Crippen molar-refractivity contribution in [2.75, 3.05) is 18.4 Å². The summed E-state index contributed by atoms with van der Waals surface area (Å²) in [5.74, 6) is 0.678. The van der Waals surface area contributed by atoms with Crippen molar-refractivity contribution in [3.63, 3.8) is 0 Å². The third kappa shape index (κ3) is 4.43. The maximum Gasteiger partial charge on any atom is 0.241 e. The normalized spacial score (nSPS) is 26.2. The highest BCUT2D eigenvalue weighted by Gasteiger charge is 2.35. The van der Waals surface area contributed by atoms with Crippen molar-refractivity contribution < 1.29 is 9.59 Å². The quantitative estimate of drug-likeness (QED) is 0.751. The molecule has 3 unspecified atom stereocenters. The molecule has 2 aliphatic rings. The van der Waals surface area contributed by atoms with Crippen LogP contribution in [0.3, 0.4) is 0 Å². The first-order valence-electron chi connectivity index (χ1n) is 9.61. The van der Waals surface area contributed by atoms with E-state index >= 15 is 0 Å². The molecular formula is C20H30N4O2. The van der Waals surface area contributed by atoms with E-state index in [4.69, 9.17) is 0 Å². The minimum atomic E-state index is -0.312. The van der Waals surface area contributed by atoms with E-state index in [1.165, 1.54) is 5.56 Å². The van der Waals surface area contributed by atoms with Crippen LogP contribution in [-0.4, -0.2) is 47.8 Å². The number of amides is 1. The van der Waals surface area contributed by atoms with Gasteiger partial charge < -0.3 is 10.2 Å². The van der Waals surface area contributed by atoms with E-state index in [-0.39, 0.29) is 29.8 Å². The lowest BCUT2D eigenvalue weighted by atomic mass is 10.0. The van der Waals surface area contributed by atoms with E-state index in [9.17, 15) is 9.59 Å². The van der Waals surface area contributed by atoms with Crippen LogP contribution >= 0.6 is 0 Å². The van der Waals surface area contributed by atoms with Crippen LogP contribution in [0.1, 0.15) is 51.5 Å². The Labute approximate surface area is 155 Å². The SMILES string of the molecule is CC(=O)C1CC(C(=O)N2CCCC(Nc3ccc(C(C)C)cc3)C2)NN1. The van der Waals surface area contributed by atoms with Crippen LogP contribution in [0.25, 0.3) is 0 Å². The van der Waals surface area contributed by atoms with Crippen molar-refractivity contribution >= 4 is 17.4 Å². The van der Waals surface area contributed by atoms with Crippen molar-refractivity contribution in [2.45, 2.75) is 64.1 Å². The number of anilines is 1. The number of benzene rings is 1. The van der Waals surface area contributed by atoms with Gasteiger partial charge in [0.1, 0.15) is 11.8 Å². The fraction of sp³-hybridized carbons (Fsp3) is 0.600. The molecule has 0 spiro atoms. The standard InChI is InChI=1S/C20H30N4O2/c1-13(2)15-6-8-16(9-7-15)21-17-5-4-10-24(12-17)20(26)19-11-18(14(3)25)22-23-19/h6-9,13,17-19,21-23H,4-5,10-12H2,1-3H3.